The average Bonchev–Trinajstić information content (AvgIpc) is 2.46. The van der Waals surface area contributed by atoms with Crippen LogP contribution in [0.15, 0.2) is 30.3 Å². The third kappa shape index (κ3) is 3.81. The van der Waals surface area contributed by atoms with E-state index >= 15 is 0 Å². The number of methoxy groups -OCH3 is 1. The number of aliphatic carboxylic acids is 1. The van der Waals surface area contributed by atoms with Crippen LogP contribution in [-0.2, 0) is 9.53 Å². The van der Waals surface area contributed by atoms with Gasteiger partial charge in [0.05, 0.1) is 19.1 Å². The van der Waals surface area contributed by atoms with E-state index in [-0.39, 0.29) is 18.5 Å². The monoisotopic (exact) mass is 277 g/mol. The molecule has 1 fully saturated rings. The molecule has 2 unspecified atom stereocenters. The number of piperidine rings is 1. The normalized spacial score (nSPS) is 21.6. The fourth-order valence-corrected chi connectivity index (χ4v) is 3.07. The van der Waals surface area contributed by atoms with Gasteiger partial charge in [-0.1, -0.05) is 36.8 Å². The summed E-state index contributed by atoms with van der Waals surface area (Å²) >= 11 is 0. The lowest BCUT2D eigenvalue weighted by Crippen LogP contribution is -2.44. The van der Waals surface area contributed by atoms with Gasteiger partial charge in [0.2, 0.25) is 0 Å². The smallest absolute Gasteiger partial charge is 0.304 e. The largest absolute Gasteiger partial charge is 0.481 e. The van der Waals surface area contributed by atoms with E-state index in [4.69, 9.17) is 9.84 Å². The molecular weight excluding hydrogens is 254 g/mol. The van der Waals surface area contributed by atoms with E-state index in [0.29, 0.717) is 6.61 Å². The molecule has 2 rings (SSSR count). The van der Waals surface area contributed by atoms with E-state index in [9.17, 15) is 4.79 Å². The van der Waals surface area contributed by atoms with Crippen LogP contribution in [0, 0.1) is 0 Å². The van der Waals surface area contributed by atoms with Crippen LogP contribution >= 0.6 is 0 Å². The quantitative estimate of drug-likeness (QED) is 0.868. The number of carboxylic acids is 1. The maximum absolute atomic E-state index is 11.1. The van der Waals surface area contributed by atoms with E-state index in [1.807, 2.05) is 18.2 Å². The predicted molar refractivity (Wildman–Crippen MR) is 77.7 cm³/mol. The highest BCUT2D eigenvalue weighted by molar-refractivity contribution is 5.67. The molecule has 0 bridgehead atoms. The van der Waals surface area contributed by atoms with Gasteiger partial charge in [-0.3, -0.25) is 9.69 Å². The molecule has 1 aromatic rings. The summed E-state index contributed by atoms with van der Waals surface area (Å²) in [5.41, 5.74) is 1.20. The Morgan fingerprint density at radius 3 is 2.80 bits per heavy atom. The zero-order chi connectivity index (χ0) is 14.4. The number of hydrogen-bond acceptors (Lipinski definition) is 3. The standard InChI is InChI=1S/C16H23NO3/c1-20-12-15(13-7-3-2-4-8-13)17-10-6-5-9-14(17)11-16(18)19/h2-4,7-8,14-15H,5-6,9-12H2,1H3,(H,18,19). The molecule has 4 nitrogen and oxygen atoms in total. The van der Waals surface area contributed by atoms with E-state index in [1.54, 1.807) is 7.11 Å². The average molecular weight is 277 g/mol. The first-order chi connectivity index (χ1) is 9.72. The number of hydrogen-bond donors (Lipinski definition) is 1. The summed E-state index contributed by atoms with van der Waals surface area (Å²) in [7, 11) is 1.70. The van der Waals surface area contributed by atoms with Crippen molar-refractivity contribution in [2.24, 2.45) is 0 Å². The van der Waals surface area contributed by atoms with Crippen LogP contribution in [0.4, 0.5) is 0 Å². The van der Waals surface area contributed by atoms with Gasteiger partial charge in [0.15, 0.2) is 0 Å². The Morgan fingerprint density at radius 1 is 1.40 bits per heavy atom. The molecular formula is C16H23NO3. The van der Waals surface area contributed by atoms with E-state index in [0.717, 1.165) is 25.8 Å². The van der Waals surface area contributed by atoms with Gasteiger partial charge in [-0.2, -0.15) is 0 Å². The molecule has 20 heavy (non-hydrogen) atoms. The Morgan fingerprint density at radius 2 is 2.15 bits per heavy atom. The van der Waals surface area contributed by atoms with Gasteiger partial charge in [0.25, 0.3) is 0 Å². The summed E-state index contributed by atoms with van der Waals surface area (Å²) in [4.78, 5) is 13.4. The molecule has 1 aromatic carbocycles. The Kier molecular flexibility index (Phi) is 5.56. The van der Waals surface area contributed by atoms with Gasteiger partial charge >= 0.3 is 5.97 Å². The van der Waals surface area contributed by atoms with Crippen molar-refractivity contribution in [2.75, 3.05) is 20.3 Å². The number of benzene rings is 1. The summed E-state index contributed by atoms with van der Waals surface area (Å²) in [6, 6.07) is 10.5. The molecule has 0 radical (unpaired) electrons. The first-order valence-electron chi connectivity index (χ1n) is 7.23. The third-order valence-corrected chi connectivity index (χ3v) is 3.99. The second kappa shape index (κ2) is 7.41. The van der Waals surface area contributed by atoms with Gasteiger partial charge in [0, 0.05) is 13.2 Å². The number of likely N-dealkylation sites (tertiary alicyclic amines) is 1. The van der Waals surface area contributed by atoms with Gasteiger partial charge in [-0.25, -0.2) is 0 Å². The zero-order valence-electron chi connectivity index (χ0n) is 12.0. The van der Waals surface area contributed by atoms with Crippen LogP contribution in [0.2, 0.25) is 0 Å². The lowest BCUT2D eigenvalue weighted by molar-refractivity contribution is -0.139. The van der Waals surface area contributed by atoms with E-state index < -0.39 is 5.97 Å². The zero-order valence-corrected chi connectivity index (χ0v) is 12.0. The number of ether oxygens (including phenoxy) is 1. The highest BCUT2D eigenvalue weighted by Crippen LogP contribution is 2.30. The Balaban J connectivity index is 2.19. The maximum Gasteiger partial charge on any atom is 0.304 e. The SMILES string of the molecule is COCC(c1ccccc1)N1CCCCC1CC(=O)O. The molecule has 4 heteroatoms. The van der Waals surface area contributed by atoms with Crippen molar-refractivity contribution in [1.82, 2.24) is 4.90 Å². The van der Waals surface area contributed by atoms with Gasteiger partial charge in [0.1, 0.15) is 0 Å². The van der Waals surface area contributed by atoms with Crippen molar-refractivity contribution in [2.45, 2.75) is 37.8 Å². The molecule has 0 aliphatic carbocycles. The molecule has 0 saturated carbocycles. The van der Waals surface area contributed by atoms with Crippen LogP contribution in [0.3, 0.4) is 0 Å². The predicted octanol–water partition coefficient (Wildman–Crippen LogP) is 2.70. The van der Waals surface area contributed by atoms with Crippen molar-refractivity contribution in [3.8, 4) is 0 Å². The highest BCUT2D eigenvalue weighted by atomic mass is 16.5. The van der Waals surface area contributed by atoms with E-state index in [1.165, 1.54) is 5.56 Å². The molecule has 1 saturated heterocycles. The lowest BCUT2D eigenvalue weighted by atomic mass is 9.94. The van der Waals surface area contributed by atoms with Crippen molar-refractivity contribution in [3.05, 3.63) is 35.9 Å². The van der Waals surface area contributed by atoms with Crippen molar-refractivity contribution < 1.29 is 14.6 Å². The van der Waals surface area contributed by atoms with Crippen LogP contribution in [0.5, 0.6) is 0 Å². The molecule has 0 spiro atoms. The molecule has 1 aliphatic rings. The van der Waals surface area contributed by atoms with Crippen molar-refractivity contribution >= 4 is 5.97 Å². The van der Waals surface area contributed by atoms with Crippen molar-refractivity contribution in [1.29, 1.82) is 0 Å². The Labute approximate surface area is 120 Å². The molecule has 110 valence electrons. The summed E-state index contributed by atoms with van der Waals surface area (Å²) in [5, 5.41) is 9.11. The maximum atomic E-state index is 11.1. The fraction of sp³-hybridized carbons (Fsp3) is 0.562. The minimum atomic E-state index is -0.717. The lowest BCUT2D eigenvalue weighted by Gasteiger charge is -2.40. The first-order valence-corrected chi connectivity index (χ1v) is 7.23. The van der Waals surface area contributed by atoms with Crippen LogP contribution in [0.25, 0.3) is 0 Å². The fourth-order valence-electron chi connectivity index (χ4n) is 3.07. The molecule has 0 amide bonds. The van der Waals surface area contributed by atoms with Gasteiger partial charge in [-0.05, 0) is 24.9 Å². The van der Waals surface area contributed by atoms with E-state index in [2.05, 4.69) is 17.0 Å². The molecule has 1 aliphatic heterocycles. The molecule has 0 aromatic heterocycles. The first kappa shape index (κ1) is 15.0. The Hall–Kier alpha value is -1.39. The Bertz CT molecular complexity index is 421. The molecule has 2 atom stereocenters. The second-order valence-corrected chi connectivity index (χ2v) is 5.37. The summed E-state index contributed by atoms with van der Waals surface area (Å²) in [6.07, 6.45) is 3.42. The number of nitrogens with zero attached hydrogens (tertiary/aromatic N) is 1. The second-order valence-electron chi connectivity index (χ2n) is 5.37. The van der Waals surface area contributed by atoms with Crippen molar-refractivity contribution in [3.63, 3.8) is 0 Å². The highest BCUT2D eigenvalue weighted by Gasteiger charge is 2.31. The van der Waals surface area contributed by atoms with Crippen LogP contribution in [0.1, 0.15) is 37.3 Å². The topological polar surface area (TPSA) is 49.8 Å². The number of carboxylic acid groups (broad SMARTS) is 1. The van der Waals surface area contributed by atoms with Crippen LogP contribution < -0.4 is 0 Å². The minimum Gasteiger partial charge on any atom is -0.481 e. The van der Waals surface area contributed by atoms with Crippen LogP contribution in [-0.4, -0.2) is 42.3 Å². The third-order valence-electron chi connectivity index (χ3n) is 3.99. The molecule has 1 heterocycles. The molecule has 1 N–H and O–H groups in total. The summed E-state index contributed by atoms with van der Waals surface area (Å²) in [5.74, 6) is -0.717. The number of rotatable bonds is 6. The van der Waals surface area contributed by atoms with Gasteiger partial charge in [-0.15, -0.1) is 0 Å². The minimum absolute atomic E-state index is 0.113. The number of carbonyl (C=O) groups is 1. The summed E-state index contributed by atoms with van der Waals surface area (Å²) < 4.78 is 5.38. The van der Waals surface area contributed by atoms with Gasteiger partial charge < -0.3 is 9.84 Å². The summed E-state index contributed by atoms with van der Waals surface area (Å²) in [6.45, 7) is 1.54.